The van der Waals surface area contributed by atoms with Crippen molar-refractivity contribution in [3.05, 3.63) is 0 Å². The molecule has 19 heavy (non-hydrogen) atoms. The summed E-state index contributed by atoms with van der Waals surface area (Å²) >= 11 is 0. The molecule has 110 valence electrons. The first kappa shape index (κ1) is 14.8. The Kier molecular flexibility index (Phi) is 3.49. The van der Waals surface area contributed by atoms with Crippen LogP contribution >= 0.6 is 0 Å². The Balaban J connectivity index is 1.94. The number of carbonyl (C=O) groups is 1. The van der Waals surface area contributed by atoms with Gasteiger partial charge in [0.1, 0.15) is 5.60 Å². The highest BCUT2D eigenvalue weighted by Crippen LogP contribution is 2.62. The molecule has 0 saturated heterocycles. The molecule has 0 aromatic heterocycles. The minimum atomic E-state index is -0.396. The van der Waals surface area contributed by atoms with E-state index in [1.165, 1.54) is 19.3 Å². The molecule has 0 amide bonds. The van der Waals surface area contributed by atoms with Crippen molar-refractivity contribution in [3.8, 4) is 0 Å². The Labute approximate surface area is 117 Å². The van der Waals surface area contributed by atoms with E-state index in [0.29, 0.717) is 18.0 Å². The first-order chi connectivity index (χ1) is 8.55. The molecule has 3 heteroatoms. The van der Waals surface area contributed by atoms with E-state index in [2.05, 4.69) is 26.1 Å². The molecule has 2 saturated carbocycles. The topological polar surface area (TPSA) is 38.3 Å². The van der Waals surface area contributed by atoms with Crippen LogP contribution in [0, 0.1) is 16.7 Å². The van der Waals surface area contributed by atoms with Crippen molar-refractivity contribution in [1.82, 2.24) is 5.32 Å². The molecule has 3 atom stereocenters. The zero-order chi connectivity index (χ0) is 14.5. The van der Waals surface area contributed by atoms with Crippen LogP contribution in [-0.4, -0.2) is 24.2 Å². The van der Waals surface area contributed by atoms with Crippen molar-refractivity contribution in [2.24, 2.45) is 16.7 Å². The maximum absolute atomic E-state index is 11.9. The summed E-state index contributed by atoms with van der Waals surface area (Å²) in [4.78, 5) is 11.9. The third-order valence-electron chi connectivity index (χ3n) is 5.14. The first-order valence-corrected chi connectivity index (χ1v) is 7.50. The number of hydrogen-bond acceptors (Lipinski definition) is 3. The minimum Gasteiger partial charge on any atom is -0.459 e. The highest BCUT2D eigenvalue weighted by Gasteiger charge is 2.59. The fraction of sp³-hybridized carbons (Fsp3) is 0.938. The van der Waals surface area contributed by atoms with Gasteiger partial charge in [-0.15, -0.1) is 0 Å². The molecule has 1 unspecified atom stereocenters. The summed E-state index contributed by atoms with van der Waals surface area (Å²) in [5.41, 5.74) is 0.248. The Morgan fingerprint density at radius 3 is 2.42 bits per heavy atom. The minimum absolute atomic E-state index is 0.144. The molecule has 0 spiro atoms. The summed E-state index contributed by atoms with van der Waals surface area (Å²) in [5, 5.41) is 3.49. The standard InChI is InChI=1S/C16H29NO2/c1-14(2,3)19-12(18)10-17-13-15(4,5)11-7-8-16(13,6)9-11/h11,13,17H,7-10H2,1-6H3/t11-,13?,16+/m0/s1. The maximum atomic E-state index is 11.9. The molecular weight excluding hydrogens is 238 g/mol. The Hall–Kier alpha value is -0.570. The summed E-state index contributed by atoms with van der Waals surface area (Å²) < 4.78 is 5.38. The summed E-state index contributed by atoms with van der Waals surface area (Å²) in [6, 6.07) is 0.422. The average Bonchev–Trinajstić information content (AvgIpc) is 2.65. The van der Waals surface area contributed by atoms with Gasteiger partial charge in [0.2, 0.25) is 0 Å². The van der Waals surface area contributed by atoms with Gasteiger partial charge in [-0.25, -0.2) is 0 Å². The largest absolute Gasteiger partial charge is 0.459 e. The Bertz CT molecular complexity index is 365. The fourth-order valence-corrected chi connectivity index (χ4v) is 4.37. The van der Waals surface area contributed by atoms with Crippen molar-refractivity contribution in [1.29, 1.82) is 0 Å². The normalized spacial score (nSPS) is 36.5. The SMILES string of the molecule is CC(C)(C)OC(=O)CNC1C(C)(C)[C@H]2CC[C@]1(C)C2. The third-order valence-corrected chi connectivity index (χ3v) is 5.14. The number of ether oxygens (including phenoxy) is 1. The fourth-order valence-electron chi connectivity index (χ4n) is 4.37. The van der Waals surface area contributed by atoms with E-state index in [9.17, 15) is 4.79 Å². The van der Waals surface area contributed by atoms with Crippen LogP contribution in [0.1, 0.15) is 60.8 Å². The predicted octanol–water partition coefficient (Wildman–Crippen LogP) is 3.13. The van der Waals surface area contributed by atoms with Gasteiger partial charge in [0, 0.05) is 6.04 Å². The van der Waals surface area contributed by atoms with Crippen molar-refractivity contribution < 1.29 is 9.53 Å². The highest BCUT2D eigenvalue weighted by atomic mass is 16.6. The van der Waals surface area contributed by atoms with E-state index < -0.39 is 5.60 Å². The van der Waals surface area contributed by atoms with Crippen LogP contribution in [0.25, 0.3) is 0 Å². The molecule has 0 heterocycles. The van der Waals surface area contributed by atoms with Gasteiger partial charge in [-0.1, -0.05) is 20.8 Å². The molecule has 2 bridgehead atoms. The summed E-state index contributed by atoms with van der Waals surface area (Å²) in [6.07, 6.45) is 3.92. The Morgan fingerprint density at radius 1 is 1.32 bits per heavy atom. The van der Waals surface area contributed by atoms with Crippen LogP contribution in [-0.2, 0) is 9.53 Å². The molecule has 1 N–H and O–H groups in total. The van der Waals surface area contributed by atoms with Gasteiger partial charge in [0.25, 0.3) is 0 Å². The average molecular weight is 267 g/mol. The lowest BCUT2D eigenvalue weighted by Gasteiger charge is -2.43. The van der Waals surface area contributed by atoms with E-state index >= 15 is 0 Å². The molecule has 0 aromatic rings. The van der Waals surface area contributed by atoms with Gasteiger partial charge in [0.15, 0.2) is 0 Å². The van der Waals surface area contributed by atoms with Crippen LogP contribution in [0.3, 0.4) is 0 Å². The molecule has 2 rings (SSSR count). The van der Waals surface area contributed by atoms with E-state index in [1.54, 1.807) is 0 Å². The second-order valence-electron chi connectivity index (χ2n) is 8.32. The number of nitrogens with one attached hydrogen (secondary N) is 1. The predicted molar refractivity (Wildman–Crippen MR) is 76.9 cm³/mol. The lowest BCUT2D eigenvalue weighted by Crippen LogP contribution is -2.52. The molecule has 2 aliphatic rings. The third kappa shape index (κ3) is 2.81. The summed E-state index contributed by atoms with van der Waals surface area (Å²) in [7, 11) is 0. The second kappa shape index (κ2) is 4.47. The van der Waals surface area contributed by atoms with Crippen molar-refractivity contribution in [2.45, 2.75) is 72.4 Å². The number of carbonyl (C=O) groups excluding carboxylic acids is 1. The van der Waals surface area contributed by atoms with E-state index in [4.69, 9.17) is 4.74 Å². The first-order valence-electron chi connectivity index (χ1n) is 7.50. The van der Waals surface area contributed by atoms with E-state index in [-0.39, 0.29) is 11.4 Å². The van der Waals surface area contributed by atoms with Crippen molar-refractivity contribution in [3.63, 3.8) is 0 Å². The van der Waals surface area contributed by atoms with Gasteiger partial charge in [0.05, 0.1) is 6.54 Å². The van der Waals surface area contributed by atoms with E-state index in [1.807, 2.05) is 20.8 Å². The van der Waals surface area contributed by atoms with Gasteiger partial charge in [-0.3, -0.25) is 4.79 Å². The van der Waals surface area contributed by atoms with Gasteiger partial charge < -0.3 is 10.1 Å². The molecule has 3 nitrogen and oxygen atoms in total. The van der Waals surface area contributed by atoms with Crippen LogP contribution in [0.15, 0.2) is 0 Å². The molecular formula is C16H29NO2. The lowest BCUT2D eigenvalue weighted by molar-refractivity contribution is -0.154. The zero-order valence-electron chi connectivity index (χ0n) is 13.3. The molecule has 0 aromatic carbocycles. The number of rotatable bonds is 3. The molecule has 2 fully saturated rings. The second-order valence-corrected chi connectivity index (χ2v) is 8.32. The molecule has 0 aliphatic heterocycles. The van der Waals surface area contributed by atoms with Gasteiger partial charge >= 0.3 is 5.97 Å². The van der Waals surface area contributed by atoms with Crippen LogP contribution < -0.4 is 5.32 Å². The molecule has 2 aliphatic carbocycles. The maximum Gasteiger partial charge on any atom is 0.320 e. The number of esters is 1. The van der Waals surface area contributed by atoms with Crippen molar-refractivity contribution >= 4 is 5.97 Å². The lowest BCUT2D eigenvalue weighted by atomic mass is 9.68. The number of fused-ring (bicyclic) bond motifs is 2. The molecule has 0 radical (unpaired) electrons. The smallest absolute Gasteiger partial charge is 0.320 e. The summed E-state index contributed by atoms with van der Waals surface area (Å²) in [6.45, 7) is 13.1. The van der Waals surface area contributed by atoms with Crippen LogP contribution in [0.5, 0.6) is 0 Å². The highest BCUT2D eigenvalue weighted by molar-refractivity contribution is 5.72. The monoisotopic (exact) mass is 267 g/mol. The quantitative estimate of drug-likeness (QED) is 0.798. The van der Waals surface area contributed by atoms with Gasteiger partial charge in [-0.2, -0.15) is 0 Å². The van der Waals surface area contributed by atoms with Crippen LogP contribution in [0.2, 0.25) is 0 Å². The number of hydrogen-bond donors (Lipinski definition) is 1. The van der Waals surface area contributed by atoms with Crippen LogP contribution in [0.4, 0.5) is 0 Å². The summed E-state index contributed by atoms with van der Waals surface area (Å²) in [5.74, 6) is 0.656. The van der Waals surface area contributed by atoms with Crippen molar-refractivity contribution in [2.75, 3.05) is 6.54 Å². The van der Waals surface area contributed by atoms with E-state index in [0.717, 1.165) is 5.92 Å². The zero-order valence-corrected chi connectivity index (χ0v) is 13.3. The van der Waals surface area contributed by atoms with Gasteiger partial charge in [-0.05, 0) is 56.8 Å². The Morgan fingerprint density at radius 2 is 1.95 bits per heavy atom.